The minimum absolute atomic E-state index is 0.158. The Morgan fingerprint density at radius 2 is 2.11 bits per heavy atom. The fourth-order valence-corrected chi connectivity index (χ4v) is 5.35. The predicted molar refractivity (Wildman–Crippen MR) is 103 cm³/mol. The van der Waals surface area contributed by atoms with Crippen LogP contribution in [0.4, 0.5) is 4.39 Å². The Labute approximate surface area is 160 Å². The number of nitrogens with one attached hydrogen (secondary N) is 2. The molecule has 0 radical (unpaired) electrons. The van der Waals surface area contributed by atoms with Crippen molar-refractivity contribution in [3.8, 4) is 0 Å². The van der Waals surface area contributed by atoms with E-state index in [0.717, 1.165) is 31.9 Å². The maximum absolute atomic E-state index is 13.7. The van der Waals surface area contributed by atoms with Crippen molar-refractivity contribution in [1.29, 1.82) is 0 Å². The Morgan fingerprint density at radius 1 is 1.37 bits per heavy atom. The summed E-state index contributed by atoms with van der Waals surface area (Å²) in [5.41, 5.74) is 0.187. The van der Waals surface area contributed by atoms with Crippen LogP contribution in [0.5, 0.6) is 0 Å². The van der Waals surface area contributed by atoms with Gasteiger partial charge in [-0.15, -0.1) is 0 Å². The number of hydrogen-bond donors (Lipinski definition) is 2. The molecule has 27 heavy (non-hydrogen) atoms. The van der Waals surface area contributed by atoms with Crippen LogP contribution in [-0.2, 0) is 14.6 Å². The number of aliphatic imine (C=N–C) groups is 1. The van der Waals surface area contributed by atoms with E-state index in [2.05, 4.69) is 15.6 Å². The molecule has 150 valence electrons. The molecule has 8 heteroatoms. The van der Waals surface area contributed by atoms with Crippen molar-refractivity contribution >= 4 is 15.8 Å². The molecule has 1 aromatic carbocycles. The van der Waals surface area contributed by atoms with Crippen LogP contribution in [0.15, 0.2) is 34.2 Å². The van der Waals surface area contributed by atoms with E-state index in [1.54, 1.807) is 7.05 Å². The first-order chi connectivity index (χ1) is 12.9. The third-order valence-electron chi connectivity index (χ3n) is 5.81. The first kappa shape index (κ1) is 20.1. The highest BCUT2D eigenvalue weighted by atomic mass is 32.2. The van der Waals surface area contributed by atoms with E-state index < -0.39 is 15.7 Å². The molecule has 0 saturated heterocycles. The smallest absolute Gasteiger partial charge is 0.191 e. The summed E-state index contributed by atoms with van der Waals surface area (Å²) in [5.74, 6) is -0.347. The van der Waals surface area contributed by atoms with Gasteiger partial charge in [-0.3, -0.25) is 4.99 Å². The molecule has 3 rings (SSSR count). The van der Waals surface area contributed by atoms with Crippen molar-refractivity contribution in [2.75, 3.05) is 26.0 Å². The highest BCUT2D eigenvalue weighted by molar-refractivity contribution is 7.91. The number of guanidine groups is 1. The molecular formula is C19H28FN3O3S. The van der Waals surface area contributed by atoms with E-state index in [1.165, 1.54) is 24.6 Å². The van der Waals surface area contributed by atoms with Gasteiger partial charge < -0.3 is 15.4 Å². The summed E-state index contributed by atoms with van der Waals surface area (Å²) in [4.78, 5) is 3.94. The van der Waals surface area contributed by atoms with E-state index in [-0.39, 0.29) is 28.6 Å². The van der Waals surface area contributed by atoms with Crippen molar-refractivity contribution in [3.63, 3.8) is 0 Å². The molecule has 6 nitrogen and oxygen atoms in total. The minimum atomic E-state index is -3.69. The number of ether oxygens (including phenoxy) is 1. The van der Waals surface area contributed by atoms with Gasteiger partial charge in [-0.1, -0.05) is 18.6 Å². The largest absolute Gasteiger partial charge is 0.378 e. The summed E-state index contributed by atoms with van der Waals surface area (Å²) in [7, 11) is -2.03. The van der Waals surface area contributed by atoms with E-state index in [9.17, 15) is 12.8 Å². The quantitative estimate of drug-likeness (QED) is 0.544. The number of rotatable bonds is 7. The van der Waals surface area contributed by atoms with E-state index in [1.807, 2.05) is 6.92 Å². The Kier molecular flexibility index (Phi) is 6.05. The van der Waals surface area contributed by atoms with Crippen LogP contribution in [-0.4, -0.2) is 52.5 Å². The number of halogens is 1. The Hall–Kier alpha value is -1.67. The van der Waals surface area contributed by atoms with E-state index in [4.69, 9.17) is 4.74 Å². The zero-order valence-corrected chi connectivity index (χ0v) is 16.7. The molecule has 2 unspecified atom stereocenters. The highest BCUT2D eigenvalue weighted by Gasteiger charge is 2.59. The molecule has 0 aliphatic heterocycles. The summed E-state index contributed by atoms with van der Waals surface area (Å²) in [6.45, 7) is 2.90. The van der Waals surface area contributed by atoms with Gasteiger partial charge in [-0.25, -0.2) is 12.8 Å². The molecule has 2 N–H and O–H groups in total. The molecule has 0 amide bonds. The van der Waals surface area contributed by atoms with Gasteiger partial charge in [-0.2, -0.15) is 0 Å². The number of sulfone groups is 1. The summed E-state index contributed by atoms with van der Waals surface area (Å²) in [6.07, 6.45) is 4.74. The monoisotopic (exact) mass is 397 g/mol. The summed E-state index contributed by atoms with van der Waals surface area (Å²) in [6, 6.07) is 5.73. The SMILES string of the molecule is CCOC1CC(NC(=NC)NCCS(=O)(=O)c2ccccc2F)C12CCC2. The van der Waals surface area contributed by atoms with Gasteiger partial charge in [0.15, 0.2) is 15.8 Å². The Morgan fingerprint density at radius 3 is 2.70 bits per heavy atom. The second-order valence-electron chi connectivity index (χ2n) is 7.21. The molecule has 1 spiro atoms. The van der Waals surface area contributed by atoms with Crippen molar-refractivity contribution in [2.45, 2.75) is 49.6 Å². The standard InChI is InChI=1S/C19H28FN3O3S/c1-3-26-17-13-16(19(17)9-6-10-19)23-18(21-2)22-11-12-27(24,25)15-8-5-4-7-14(15)20/h4-5,7-8,16-17H,3,6,9-13H2,1-2H3,(H2,21,22,23). The molecule has 2 aliphatic rings. The molecule has 1 aromatic rings. The first-order valence-corrected chi connectivity index (χ1v) is 11.1. The fourth-order valence-electron chi connectivity index (χ4n) is 4.11. The number of nitrogens with zero attached hydrogens (tertiary/aromatic N) is 1. The van der Waals surface area contributed by atoms with Gasteiger partial charge in [0.25, 0.3) is 0 Å². The molecule has 0 bridgehead atoms. The molecule has 2 saturated carbocycles. The lowest BCUT2D eigenvalue weighted by molar-refractivity contribution is -0.168. The Bertz CT molecular complexity index is 793. The molecule has 2 aliphatic carbocycles. The maximum Gasteiger partial charge on any atom is 0.191 e. The molecule has 0 heterocycles. The fraction of sp³-hybridized carbons (Fsp3) is 0.632. The van der Waals surface area contributed by atoms with Crippen molar-refractivity contribution < 1.29 is 17.5 Å². The summed E-state index contributed by atoms with van der Waals surface area (Å²) >= 11 is 0. The minimum Gasteiger partial charge on any atom is -0.378 e. The summed E-state index contributed by atoms with van der Waals surface area (Å²) in [5, 5.41) is 6.45. The van der Waals surface area contributed by atoms with Gasteiger partial charge in [0, 0.05) is 31.7 Å². The second kappa shape index (κ2) is 8.14. The predicted octanol–water partition coefficient (Wildman–Crippen LogP) is 2.11. The molecular weight excluding hydrogens is 369 g/mol. The third kappa shape index (κ3) is 3.96. The average Bonchev–Trinajstić information content (AvgIpc) is 2.58. The van der Waals surface area contributed by atoms with Crippen molar-refractivity contribution in [3.05, 3.63) is 30.1 Å². The van der Waals surface area contributed by atoms with Crippen molar-refractivity contribution in [2.24, 2.45) is 10.4 Å². The molecule has 2 fully saturated rings. The second-order valence-corrected chi connectivity index (χ2v) is 9.29. The van der Waals surface area contributed by atoms with Gasteiger partial charge in [0.1, 0.15) is 10.7 Å². The van der Waals surface area contributed by atoms with Crippen LogP contribution >= 0.6 is 0 Å². The van der Waals surface area contributed by atoms with E-state index >= 15 is 0 Å². The molecule has 2 atom stereocenters. The number of hydrogen-bond acceptors (Lipinski definition) is 4. The van der Waals surface area contributed by atoms with E-state index in [0.29, 0.717) is 12.1 Å². The summed E-state index contributed by atoms with van der Waals surface area (Å²) < 4.78 is 44.3. The van der Waals surface area contributed by atoms with Crippen LogP contribution in [0.1, 0.15) is 32.6 Å². The molecule has 0 aromatic heterocycles. The van der Waals surface area contributed by atoms with Gasteiger partial charge >= 0.3 is 0 Å². The third-order valence-corrected chi connectivity index (χ3v) is 7.55. The van der Waals surface area contributed by atoms with Gasteiger partial charge in [0.05, 0.1) is 11.9 Å². The zero-order valence-electron chi connectivity index (χ0n) is 15.9. The lowest BCUT2D eigenvalue weighted by Gasteiger charge is -2.61. The van der Waals surface area contributed by atoms with Crippen molar-refractivity contribution in [1.82, 2.24) is 10.6 Å². The maximum atomic E-state index is 13.7. The van der Waals surface area contributed by atoms with Gasteiger partial charge in [-0.05, 0) is 38.3 Å². The topological polar surface area (TPSA) is 79.8 Å². The van der Waals surface area contributed by atoms with Gasteiger partial charge in [0.2, 0.25) is 0 Å². The Balaban J connectivity index is 1.53. The average molecular weight is 398 g/mol. The van der Waals surface area contributed by atoms with Crippen LogP contribution < -0.4 is 10.6 Å². The normalized spacial score (nSPS) is 24.2. The highest BCUT2D eigenvalue weighted by Crippen LogP contribution is 2.57. The zero-order chi connectivity index (χ0) is 19.5. The lowest BCUT2D eigenvalue weighted by Crippen LogP contribution is -2.68. The van der Waals surface area contributed by atoms with Crippen LogP contribution in [0, 0.1) is 11.2 Å². The lowest BCUT2D eigenvalue weighted by atomic mass is 9.51. The van der Waals surface area contributed by atoms with Crippen LogP contribution in [0.2, 0.25) is 0 Å². The van der Waals surface area contributed by atoms with Crippen LogP contribution in [0.3, 0.4) is 0 Å². The van der Waals surface area contributed by atoms with Crippen LogP contribution in [0.25, 0.3) is 0 Å². The number of benzene rings is 1. The first-order valence-electron chi connectivity index (χ1n) is 9.49.